The van der Waals surface area contributed by atoms with Crippen molar-refractivity contribution in [2.75, 3.05) is 19.6 Å². The van der Waals surface area contributed by atoms with Crippen molar-refractivity contribution < 1.29 is 19.5 Å². The van der Waals surface area contributed by atoms with E-state index in [2.05, 4.69) is 5.32 Å². The third kappa shape index (κ3) is 3.86. The molecule has 1 heterocycles. The largest absolute Gasteiger partial charge is 0.481 e. The molecule has 7 nitrogen and oxygen atoms in total. The van der Waals surface area contributed by atoms with Crippen molar-refractivity contribution in [1.82, 2.24) is 15.1 Å². The minimum Gasteiger partial charge on any atom is -0.481 e. The van der Waals surface area contributed by atoms with Crippen LogP contribution in [0.1, 0.15) is 33.1 Å². The summed E-state index contributed by atoms with van der Waals surface area (Å²) in [5.74, 6) is -0.909. The van der Waals surface area contributed by atoms with Crippen LogP contribution in [0.5, 0.6) is 0 Å². The van der Waals surface area contributed by atoms with Crippen LogP contribution in [0.2, 0.25) is 0 Å². The fourth-order valence-electron chi connectivity index (χ4n) is 2.57. The first kappa shape index (κ1) is 15.6. The van der Waals surface area contributed by atoms with Crippen LogP contribution in [0.3, 0.4) is 0 Å². The van der Waals surface area contributed by atoms with E-state index in [1.165, 1.54) is 4.90 Å². The minimum absolute atomic E-state index is 0.0357. The summed E-state index contributed by atoms with van der Waals surface area (Å²) in [5.41, 5.74) is 0. The van der Waals surface area contributed by atoms with Gasteiger partial charge in [0.15, 0.2) is 0 Å². The third-order valence-electron chi connectivity index (χ3n) is 3.97. The van der Waals surface area contributed by atoms with Gasteiger partial charge in [-0.3, -0.25) is 9.59 Å². The number of carboxylic acids is 1. The van der Waals surface area contributed by atoms with Crippen LogP contribution >= 0.6 is 0 Å². The maximum atomic E-state index is 12.7. The third-order valence-corrected chi connectivity index (χ3v) is 3.97. The van der Waals surface area contributed by atoms with E-state index in [1.54, 1.807) is 4.90 Å². The van der Waals surface area contributed by atoms with Gasteiger partial charge in [0.2, 0.25) is 5.91 Å². The highest BCUT2D eigenvalue weighted by Gasteiger charge is 2.38. The lowest BCUT2D eigenvalue weighted by Gasteiger charge is -2.39. The lowest BCUT2D eigenvalue weighted by atomic mass is 10.1. The Hall–Kier alpha value is -1.79. The molecule has 0 bridgehead atoms. The summed E-state index contributed by atoms with van der Waals surface area (Å²) in [7, 11) is 0. The number of amides is 3. The van der Waals surface area contributed by atoms with Gasteiger partial charge >= 0.3 is 12.0 Å². The molecule has 7 heteroatoms. The fourth-order valence-corrected chi connectivity index (χ4v) is 2.57. The van der Waals surface area contributed by atoms with Crippen molar-refractivity contribution in [2.45, 2.75) is 45.2 Å². The molecule has 0 spiro atoms. The molecule has 21 heavy (non-hydrogen) atoms. The van der Waals surface area contributed by atoms with E-state index in [0.717, 1.165) is 12.8 Å². The Morgan fingerprint density at radius 1 is 1.43 bits per heavy atom. The molecule has 1 saturated heterocycles. The number of piperazine rings is 1. The van der Waals surface area contributed by atoms with Gasteiger partial charge in [0.25, 0.3) is 0 Å². The number of rotatable bonds is 5. The first-order chi connectivity index (χ1) is 9.90. The van der Waals surface area contributed by atoms with Crippen molar-refractivity contribution in [2.24, 2.45) is 5.92 Å². The molecule has 1 aliphatic carbocycles. The van der Waals surface area contributed by atoms with Crippen molar-refractivity contribution in [3.8, 4) is 0 Å². The highest BCUT2D eigenvalue weighted by molar-refractivity contribution is 5.91. The zero-order valence-corrected chi connectivity index (χ0v) is 12.5. The fraction of sp³-hybridized carbons (Fsp3) is 0.786. The lowest BCUT2D eigenvalue weighted by molar-refractivity contribution is -0.142. The second-order valence-corrected chi connectivity index (χ2v) is 6.07. The summed E-state index contributed by atoms with van der Waals surface area (Å²) in [6.45, 7) is 5.30. The van der Waals surface area contributed by atoms with Gasteiger partial charge in [-0.1, -0.05) is 0 Å². The molecule has 3 amide bonds. The van der Waals surface area contributed by atoms with E-state index in [9.17, 15) is 14.4 Å². The zero-order chi connectivity index (χ0) is 15.6. The number of hydrogen-bond donors (Lipinski definition) is 2. The molecule has 1 unspecified atom stereocenters. The molecule has 1 saturated carbocycles. The Labute approximate surface area is 124 Å². The molecule has 0 aromatic carbocycles. The summed E-state index contributed by atoms with van der Waals surface area (Å²) in [4.78, 5) is 38.7. The van der Waals surface area contributed by atoms with Crippen molar-refractivity contribution in [1.29, 1.82) is 0 Å². The van der Waals surface area contributed by atoms with Crippen LogP contribution in [0.4, 0.5) is 4.79 Å². The molecule has 0 radical (unpaired) electrons. The second kappa shape index (κ2) is 6.32. The van der Waals surface area contributed by atoms with Gasteiger partial charge < -0.3 is 20.2 Å². The monoisotopic (exact) mass is 297 g/mol. The Morgan fingerprint density at radius 3 is 2.62 bits per heavy atom. The Morgan fingerprint density at radius 2 is 2.10 bits per heavy atom. The van der Waals surface area contributed by atoms with Crippen LogP contribution in [0, 0.1) is 5.92 Å². The molecule has 2 fully saturated rings. The summed E-state index contributed by atoms with van der Waals surface area (Å²) in [5, 5.41) is 11.6. The Bertz CT molecular complexity index is 434. The summed E-state index contributed by atoms with van der Waals surface area (Å²) in [6, 6.07) is -1.10. The number of urea groups is 1. The second-order valence-electron chi connectivity index (χ2n) is 6.07. The number of carbonyl (C=O) groups excluding carboxylic acids is 2. The number of carboxylic acid groups (broad SMARTS) is 1. The van der Waals surface area contributed by atoms with E-state index in [-0.39, 0.29) is 24.4 Å². The van der Waals surface area contributed by atoms with E-state index < -0.39 is 12.0 Å². The highest BCUT2D eigenvalue weighted by Crippen LogP contribution is 2.31. The Kier molecular flexibility index (Phi) is 4.69. The molecule has 1 atom stereocenters. The summed E-state index contributed by atoms with van der Waals surface area (Å²) in [6.07, 6.45) is 1.91. The molecule has 0 aromatic rings. The number of hydrogen-bond acceptors (Lipinski definition) is 3. The van der Waals surface area contributed by atoms with Gasteiger partial charge in [0.05, 0.1) is 6.42 Å². The molecule has 1 aliphatic heterocycles. The normalized spacial score (nSPS) is 22.1. The van der Waals surface area contributed by atoms with Crippen molar-refractivity contribution >= 4 is 17.9 Å². The maximum absolute atomic E-state index is 12.7. The average molecular weight is 297 g/mol. The van der Waals surface area contributed by atoms with Crippen LogP contribution in [-0.4, -0.2) is 64.5 Å². The van der Waals surface area contributed by atoms with Gasteiger partial charge in [-0.25, -0.2) is 4.79 Å². The topological polar surface area (TPSA) is 90.0 Å². The van der Waals surface area contributed by atoms with E-state index >= 15 is 0 Å². The lowest BCUT2D eigenvalue weighted by Crippen LogP contribution is -2.61. The first-order valence-electron chi connectivity index (χ1n) is 7.47. The maximum Gasteiger partial charge on any atom is 0.321 e. The molecule has 2 N–H and O–H groups in total. The summed E-state index contributed by atoms with van der Waals surface area (Å²) < 4.78 is 0. The van der Waals surface area contributed by atoms with E-state index in [0.29, 0.717) is 25.6 Å². The zero-order valence-electron chi connectivity index (χ0n) is 12.5. The summed E-state index contributed by atoms with van der Waals surface area (Å²) >= 11 is 0. The molecule has 2 rings (SSSR count). The predicted octanol–water partition coefficient (Wildman–Crippen LogP) is 0.502. The highest BCUT2D eigenvalue weighted by atomic mass is 16.4. The number of aliphatic carboxylic acids is 1. The first-order valence-corrected chi connectivity index (χ1v) is 7.47. The van der Waals surface area contributed by atoms with Gasteiger partial charge in [0, 0.05) is 25.7 Å². The quantitative estimate of drug-likeness (QED) is 0.773. The Balaban J connectivity index is 2.11. The van der Waals surface area contributed by atoms with Gasteiger partial charge in [-0.15, -0.1) is 0 Å². The molecular formula is C14H23N3O4. The number of nitrogens with one attached hydrogen (secondary N) is 1. The molecule has 2 aliphatic rings. The van der Waals surface area contributed by atoms with Crippen LogP contribution in [0.25, 0.3) is 0 Å². The van der Waals surface area contributed by atoms with Gasteiger partial charge in [-0.05, 0) is 32.6 Å². The standard InChI is InChI=1S/C14H23N3O4/c1-9(2)17(8-10-3-4-10)14(21)16-6-5-15-13(20)11(16)7-12(18)19/h9-11H,3-8H2,1-2H3,(H,15,20)(H,18,19). The molecule has 0 aromatic heterocycles. The SMILES string of the molecule is CC(C)N(CC1CC1)C(=O)N1CCNC(=O)C1CC(=O)O. The van der Waals surface area contributed by atoms with Crippen LogP contribution in [0.15, 0.2) is 0 Å². The van der Waals surface area contributed by atoms with Gasteiger partial charge in [-0.2, -0.15) is 0 Å². The predicted molar refractivity (Wildman–Crippen MR) is 75.7 cm³/mol. The minimum atomic E-state index is -1.08. The van der Waals surface area contributed by atoms with Crippen molar-refractivity contribution in [3.63, 3.8) is 0 Å². The number of carbonyl (C=O) groups is 3. The number of nitrogens with zero attached hydrogens (tertiary/aromatic N) is 2. The van der Waals surface area contributed by atoms with E-state index in [1.807, 2.05) is 13.8 Å². The van der Waals surface area contributed by atoms with Crippen LogP contribution < -0.4 is 5.32 Å². The smallest absolute Gasteiger partial charge is 0.321 e. The molecule has 118 valence electrons. The van der Waals surface area contributed by atoms with Gasteiger partial charge in [0.1, 0.15) is 6.04 Å². The van der Waals surface area contributed by atoms with Crippen LogP contribution in [-0.2, 0) is 9.59 Å². The average Bonchev–Trinajstić information content (AvgIpc) is 3.21. The van der Waals surface area contributed by atoms with Crippen molar-refractivity contribution in [3.05, 3.63) is 0 Å². The molecular weight excluding hydrogens is 274 g/mol. The van der Waals surface area contributed by atoms with E-state index in [4.69, 9.17) is 5.11 Å².